The fraction of sp³-hybridized carbons (Fsp3) is 0.533. The van der Waals surface area contributed by atoms with Crippen LogP contribution in [0, 0.1) is 0 Å². The summed E-state index contributed by atoms with van der Waals surface area (Å²) in [6.45, 7) is 3.49. The van der Waals surface area contributed by atoms with Crippen molar-refractivity contribution in [1.29, 1.82) is 0 Å². The Hall–Kier alpha value is -1.04. The molecule has 5 heteroatoms. The van der Waals surface area contributed by atoms with Gasteiger partial charge in [0.05, 0.1) is 11.5 Å². The fourth-order valence-electron chi connectivity index (χ4n) is 2.49. The van der Waals surface area contributed by atoms with Crippen molar-refractivity contribution in [1.82, 2.24) is 10.6 Å². The third kappa shape index (κ3) is 3.75. The Bertz CT molecular complexity index is 477. The van der Waals surface area contributed by atoms with Gasteiger partial charge >= 0.3 is 0 Å². The number of thioether (sulfide) groups is 1. The van der Waals surface area contributed by atoms with Crippen molar-refractivity contribution in [3.63, 3.8) is 0 Å². The second-order valence-corrected chi connectivity index (χ2v) is 6.40. The Morgan fingerprint density at radius 1 is 1.55 bits per heavy atom. The SMILES string of the molecule is CSCC(C)(O)CNC(=O)C1CNCc2ccccc21. The minimum atomic E-state index is -0.864. The zero-order valence-electron chi connectivity index (χ0n) is 12.0. The van der Waals surface area contributed by atoms with Crippen LogP contribution in [-0.4, -0.2) is 41.7 Å². The summed E-state index contributed by atoms with van der Waals surface area (Å²) in [6, 6.07) is 8.02. The van der Waals surface area contributed by atoms with Crippen molar-refractivity contribution in [2.24, 2.45) is 0 Å². The molecule has 1 aliphatic heterocycles. The van der Waals surface area contributed by atoms with Crippen LogP contribution in [0.25, 0.3) is 0 Å². The summed E-state index contributed by atoms with van der Waals surface area (Å²) in [5.41, 5.74) is 1.40. The number of fused-ring (bicyclic) bond motifs is 1. The lowest BCUT2D eigenvalue weighted by Gasteiger charge is -2.28. The van der Waals surface area contributed by atoms with E-state index in [4.69, 9.17) is 0 Å². The lowest BCUT2D eigenvalue weighted by Crippen LogP contribution is -2.46. The highest BCUT2D eigenvalue weighted by molar-refractivity contribution is 7.98. The van der Waals surface area contributed by atoms with Gasteiger partial charge in [0.2, 0.25) is 5.91 Å². The zero-order chi connectivity index (χ0) is 14.6. The van der Waals surface area contributed by atoms with E-state index in [9.17, 15) is 9.90 Å². The number of benzene rings is 1. The van der Waals surface area contributed by atoms with Gasteiger partial charge in [-0.25, -0.2) is 0 Å². The highest BCUT2D eigenvalue weighted by atomic mass is 32.2. The summed E-state index contributed by atoms with van der Waals surface area (Å²) >= 11 is 1.57. The van der Waals surface area contributed by atoms with Crippen molar-refractivity contribution in [3.05, 3.63) is 35.4 Å². The van der Waals surface area contributed by atoms with Crippen LogP contribution in [0.1, 0.15) is 24.0 Å². The second-order valence-electron chi connectivity index (χ2n) is 5.53. The third-order valence-corrected chi connectivity index (χ3v) is 4.42. The van der Waals surface area contributed by atoms with Gasteiger partial charge in [0.1, 0.15) is 0 Å². The summed E-state index contributed by atoms with van der Waals surface area (Å²) in [4.78, 5) is 12.3. The Balaban J connectivity index is 2.01. The summed E-state index contributed by atoms with van der Waals surface area (Å²) in [7, 11) is 0. The molecule has 0 aliphatic carbocycles. The van der Waals surface area contributed by atoms with Crippen molar-refractivity contribution in [2.45, 2.75) is 25.0 Å². The van der Waals surface area contributed by atoms with Gasteiger partial charge in [-0.3, -0.25) is 4.79 Å². The maximum absolute atomic E-state index is 12.3. The van der Waals surface area contributed by atoms with Crippen LogP contribution in [0.3, 0.4) is 0 Å². The summed E-state index contributed by atoms with van der Waals surface area (Å²) < 4.78 is 0. The molecule has 4 nitrogen and oxygen atoms in total. The van der Waals surface area contributed by atoms with Crippen LogP contribution in [0.2, 0.25) is 0 Å². The second kappa shape index (κ2) is 6.61. The lowest BCUT2D eigenvalue weighted by atomic mass is 9.90. The first-order valence-electron chi connectivity index (χ1n) is 6.81. The van der Waals surface area contributed by atoms with Gasteiger partial charge in [-0.2, -0.15) is 11.8 Å². The standard InChI is InChI=1S/C15H22N2O2S/c1-15(19,10-20-2)9-17-14(18)13-8-16-7-11-5-3-4-6-12(11)13/h3-6,13,16,19H,7-10H2,1-2H3,(H,17,18). The quantitative estimate of drug-likeness (QED) is 0.761. The number of aliphatic hydroxyl groups is 1. The molecule has 0 bridgehead atoms. The number of hydrogen-bond acceptors (Lipinski definition) is 4. The number of amides is 1. The Morgan fingerprint density at radius 2 is 2.30 bits per heavy atom. The van der Waals surface area contributed by atoms with E-state index in [2.05, 4.69) is 10.6 Å². The van der Waals surface area contributed by atoms with E-state index in [1.807, 2.05) is 30.5 Å². The fourth-order valence-corrected chi connectivity index (χ4v) is 3.22. The first-order valence-corrected chi connectivity index (χ1v) is 8.20. The molecule has 0 radical (unpaired) electrons. The van der Waals surface area contributed by atoms with Crippen LogP contribution in [-0.2, 0) is 11.3 Å². The van der Waals surface area contributed by atoms with E-state index in [0.717, 1.165) is 12.1 Å². The van der Waals surface area contributed by atoms with Gasteiger partial charge in [-0.1, -0.05) is 24.3 Å². The van der Waals surface area contributed by atoms with Gasteiger partial charge in [0.25, 0.3) is 0 Å². The van der Waals surface area contributed by atoms with E-state index < -0.39 is 5.60 Å². The first-order chi connectivity index (χ1) is 9.53. The van der Waals surface area contributed by atoms with Gasteiger partial charge < -0.3 is 15.7 Å². The van der Waals surface area contributed by atoms with Crippen molar-refractivity contribution in [3.8, 4) is 0 Å². The molecule has 3 N–H and O–H groups in total. The number of nitrogens with one attached hydrogen (secondary N) is 2. The van der Waals surface area contributed by atoms with Gasteiger partial charge in [0, 0.05) is 25.4 Å². The zero-order valence-corrected chi connectivity index (χ0v) is 12.8. The molecule has 1 aliphatic rings. The molecule has 20 heavy (non-hydrogen) atoms. The Labute approximate surface area is 124 Å². The minimum Gasteiger partial charge on any atom is -0.387 e. The normalized spacial score (nSPS) is 20.9. The highest BCUT2D eigenvalue weighted by Gasteiger charge is 2.28. The highest BCUT2D eigenvalue weighted by Crippen LogP contribution is 2.24. The predicted octanol–water partition coefficient (Wildman–Crippen LogP) is 1.10. The lowest BCUT2D eigenvalue weighted by molar-refractivity contribution is -0.123. The van der Waals surface area contributed by atoms with E-state index in [0.29, 0.717) is 12.3 Å². The minimum absolute atomic E-state index is 0.0222. The summed E-state index contributed by atoms with van der Waals surface area (Å²) in [5, 5.41) is 16.2. The topological polar surface area (TPSA) is 61.4 Å². The van der Waals surface area contributed by atoms with Crippen LogP contribution in [0.5, 0.6) is 0 Å². The molecule has 2 unspecified atom stereocenters. The summed E-state index contributed by atoms with van der Waals surface area (Å²) in [6.07, 6.45) is 1.94. The molecule has 1 heterocycles. The maximum Gasteiger partial charge on any atom is 0.228 e. The number of carbonyl (C=O) groups is 1. The van der Waals surface area contributed by atoms with Gasteiger partial charge in [0.15, 0.2) is 0 Å². The molecular weight excluding hydrogens is 272 g/mol. The molecule has 1 aromatic rings. The maximum atomic E-state index is 12.3. The largest absolute Gasteiger partial charge is 0.387 e. The average molecular weight is 294 g/mol. The van der Waals surface area contributed by atoms with E-state index in [1.165, 1.54) is 5.56 Å². The van der Waals surface area contributed by atoms with Gasteiger partial charge in [-0.15, -0.1) is 0 Å². The molecular formula is C15H22N2O2S. The van der Waals surface area contributed by atoms with E-state index in [-0.39, 0.29) is 18.4 Å². The molecule has 0 saturated heterocycles. The van der Waals surface area contributed by atoms with Crippen molar-refractivity contribution < 1.29 is 9.90 Å². The van der Waals surface area contributed by atoms with Gasteiger partial charge in [-0.05, 0) is 24.3 Å². The van der Waals surface area contributed by atoms with E-state index in [1.54, 1.807) is 18.7 Å². The Kier molecular flexibility index (Phi) is 5.07. The first kappa shape index (κ1) is 15.4. The monoisotopic (exact) mass is 294 g/mol. The van der Waals surface area contributed by atoms with Crippen molar-refractivity contribution >= 4 is 17.7 Å². The van der Waals surface area contributed by atoms with Crippen molar-refractivity contribution in [2.75, 3.05) is 25.1 Å². The Morgan fingerprint density at radius 3 is 3.05 bits per heavy atom. The molecule has 0 saturated carbocycles. The number of rotatable bonds is 5. The van der Waals surface area contributed by atoms with Crippen LogP contribution < -0.4 is 10.6 Å². The molecule has 0 fully saturated rings. The smallest absolute Gasteiger partial charge is 0.228 e. The average Bonchev–Trinajstić information content (AvgIpc) is 2.44. The third-order valence-electron chi connectivity index (χ3n) is 3.51. The summed E-state index contributed by atoms with van der Waals surface area (Å²) in [5.74, 6) is 0.406. The molecule has 1 amide bonds. The number of carbonyl (C=O) groups excluding carboxylic acids is 1. The van der Waals surface area contributed by atoms with Crippen LogP contribution >= 0.6 is 11.8 Å². The number of hydrogen-bond donors (Lipinski definition) is 3. The predicted molar refractivity (Wildman–Crippen MR) is 82.9 cm³/mol. The molecule has 0 aromatic heterocycles. The molecule has 1 aromatic carbocycles. The molecule has 2 atom stereocenters. The van der Waals surface area contributed by atoms with E-state index >= 15 is 0 Å². The molecule has 110 valence electrons. The molecule has 0 spiro atoms. The van der Waals surface area contributed by atoms with Crippen LogP contribution in [0.15, 0.2) is 24.3 Å². The van der Waals surface area contributed by atoms with Crippen LogP contribution in [0.4, 0.5) is 0 Å². The molecule has 2 rings (SSSR count).